The highest BCUT2D eigenvalue weighted by Crippen LogP contribution is 2.41. The number of hydrogen-bond donors (Lipinski definition) is 0. The van der Waals surface area contributed by atoms with Crippen molar-refractivity contribution in [2.45, 2.75) is 40.5 Å². The molecule has 0 aliphatic heterocycles. The Morgan fingerprint density at radius 2 is 2.21 bits per heavy atom. The standard InChI is InChI=1S/C13H20O/c1-5-7-12(14)11-9-6-8-10(2)13(11,3)4/h5,7,9-10H,6,8H2,1-4H3. The second-order valence-electron chi connectivity index (χ2n) is 4.68. The van der Waals surface area contributed by atoms with Gasteiger partial charge in [-0.25, -0.2) is 0 Å². The lowest BCUT2D eigenvalue weighted by Crippen LogP contribution is -2.30. The molecule has 0 saturated heterocycles. The van der Waals surface area contributed by atoms with Crippen LogP contribution in [0.2, 0.25) is 0 Å². The fraction of sp³-hybridized carbons (Fsp3) is 0.615. The molecule has 0 heterocycles. The fourth-order valence-corrected chi connectivity index (χ4v) is 2.03. The number of rotatable bonds is 2. The smallest absolute Gasteiger partial charge is 0.181 e. The number of carbonyl (C=O) groups excluding carboxylic acids is 1. The van der Waals surface area contributed by atoms with Crippen LogP contribution in [0.25, 0.3) is 0 Å². The highest BCUT2D eigenvalue weighted by Gasteiger charge is 2.34. The van der Waals surface area contributed by atoms with Gasteiger partial charge in [-0.15, -0.1) is 0 Å². The van der Waals surface area contributed by atoms with Gasteiger partial charge in [0, 0.05) is 5.57 Å². The first-order valence-electron chi connectivity index (χ1n) is 5.37. The molecule has 0 radical (unpaired) electrons. The first kappa shape index (κ1) is 11.2. The van der Waals surface area contributed by atoms with E-state index in [1.165, 1.54) is 6.42 Å². The zero-order chi connectivity index (χ0) is 10.8. The molecule has 1 rings (SSSR count). The second-order valence-corrected chi connectivity index (χ2v) is 4.68. The number of carbonyl (C=O) groups is 1. The second kappa shape index (κ2) is 4.12. The molecule has 14 heavy (non-hydrogen) atoms. The normalized spacial score (nSPS) is 26.3. The lowest BCUT2D eigenvalue weighted by atomic mass is 9.67. The Morgan fingerprint density at radius 3 is 2.79 bits per heavy atom. The fourth-order valence-electron chi connectivity index (χ4n) is 2.03. The average Bonchev–Trinajstić information content (AvgIpc) is 2.10. The molecule has 0 aromatic rings. The van der Waals surface area contributed by atoms with Crippen LogP contribution in [0.15, 0.2) is 23.8 Å². The molecule has 0 N–H and O–H groups in total. The molecule has 1 heteroatoms. The van der Waals surface area contributed by atoms with Crippen molar-refractivity contribution >= 4 is 5.78 Å². The van der Waals surface area contributed by atoms with Crippen molar-refractivity contribution < 1.29 is 4.79 Å². The van der Waals surface area contributed by atoms with Gasteiger partial charge in [-0.2, -0.15) is 0 Å². The molecule has 1 unspecified atom stereocenters. The van der Waals surface area contributed by atoms with Gasteiger partial charge < -0.3 is 0 Å². The highest BCUT2D eigenvalue weighted by molar-refractivity contribution is 6.04. The van der Waals surface area contributed by atoms with E-state index in [2.05, 4.69) is 26.8 Å². The van der Waals surface area contributed by atoms with E-state index in [0.717, 1.165) is 12.0 Å². The largest absolute Gasteiger partial charge is 0.290 e. The molecule has 0 fully saturated rings. The van der Waals surface area contributed by atoms with Crippen molar-refractivity contribution in [3.05, 3.63) is 23.8 Å². The monoisotopic (exact) mass is 192 g/mol. The summed E-state index contributed by atoms with van der Waals surface area (Å²) < 4.78 is 0. The minimum atomic E-state index is 0.0366. The van der Waals surface area contributed by atoms with Crippen LogP contribution in [0.3, 0.4) is 0 Å². The van der Waals surface area contributed by atoms with Crippen LogP contribution >= 0.6 is 0 Å². The van der Waals surface area contributed by atoms with Crippen molar-refractivity contribution in [3.8, 4) is 0 Å². The Bertz CT molecular complexity index is 282. The van der Waals surface area contributed by atoms with Crippen molar-refractivity contribution in [3.63, 3.8) is 0 Å². The van der Waals surface area contributed by atoms with Crippen LogP contribution in [-0.2, 0) is 4.79 Å². The summed E-state index contributed by atoms with van der Waals surface area (Å²) >= 11 is 0. The molecular weight excluding hydrogens is 172 g/mol. The molecule has 0 amide bonds. The third-order valence-corrected chi connectivity index (χ3v) is 3.46. The molecule has 0 spiro atoms. The number of allylic oxidation sites excluding steroid dienone is 4. The molecule has 1 aliphatic rings. The maximum atomic E-state index is 11.8. The number of hydrogen-bond acceptors (Lipinski definition) is 1. The van der Waals surface area contributed by atoms with Crippen LogP contribution in [0.5, 0.6) is 0 Å². The molecule has 0 bridgehead atoms. The van der Waals surface area contributed by atoms with Gasteiger partial charge in [-0.1, -0.05) is 32.9 Å². The SMILES string of the molecule is CC=CC(=O)C1=CCCC(C)C1(C)C. The minimum Gasteiger partial charge on any atom is -0.290 e. The predicted molar refractivity (Wildman–Crippen MR) is 60.1 cm³/mol. The summed E-state index contributed by atoms with van der Waals surface area (Å²) in [6.45, 7) is 8.46. The Kier molecular flexibility index (Phi) is 3.30. The van der Waals surface area contributed by atoms with Crippen LogP contribution in [0, 0.1) is 11.3 Å². The summed E-state index contributed by atoms with van der Waals surface area (Å²) in [7, 11) is 0. The van der Waals surface area contributed by atoms with E-state index in [4.69, 9.17) is 0 Å². The van der Waals surface area contributed by atoms with Gasteiger partial charge >= 0.3 is 0 Å². The maximum Gasteiger partial charge on any atom is 0.181 e. The summed E-state index contributed by atoms with van der Waals surface area (Å²) in [6.07, 6.45) is 7.84. The van der Waals surface area contributed by atoms with E-state index in [1.54, 1.807) is 6.08 Å². The van der Waals surface area contributed by atoms with Crippen molar-refractivity contribution in [2.75, 3.05) is 0 Å². The van der Waals surface area contributed by atoms with E-state index in [0.29, 0.717) is 5.92 Å². The Hall–Kier alpha value is -0.850. The summed E-state index contributed by atoms with van der Waals surface area (Å²) in [6, 6.07) is 0. The Morgan fingerprint density at radius 1 is 1.57 bits per heavy atom. The van der Waals surface area contributed by atoms with Crippen molar-refractivity contribution in [2.24, 2.45) is 11.3 Å². The van der Waals surface area contributed by atoms with E-state index in [9.17, 15) is 4.79 Å². The van der Waals surface area contributed by atoms with E-state index >= 15 is 0 Å². The zero-order valence-electron chi connectivity index (χ0n) is 9.63. The third-order valence-electron chi connectivity index (χ3n) is 3.46. The Labute approximate surface area is 86.9 Å². The van der Waals surface area contributed by atoms with E-state index in [-0.39, 0.29) is 11.2 Å². The number of ketones is 1. The van der Waals surface area contributed by atoms with Gasteiger partial charge in [-0.05, 0) is 37.2 Å². The molecule has 1 atom stereocenters. The quantitative estimate of drug-likeness (QED) is 0.612. The molecule has 0 aromatic carbocycles. The lowest BCUT2D eigenvalue weighted by Gasteiger charge is -2.36. The average molecular weight is 192 g/mol. The van der Waals surface area contributed by atoms with Gasteiger partial charge in [0.05, 0.1) is 0 Å². The van der Waals surface area contributed by atoms with Gasteiger partial charge in [0.15, 0.2) is 5.78 Å². The predicted octanol–water partition coefficient (Wildman–Crippen LogP) is 3.51. The minimum absolute atomic E-state index is 0.0366. The first-order valence-corrected chi connectivity index (χ1v) is 5.37. The molecule has 78 valence electrons. The van der Waals surface area contributed by atoms with Crippen LogP contribution in [0.1, 0.15) is 40.5 Å². The van der Waals surface area contributed by atoms with E-state index < -0.39 is 0 Å². The third kappa shape index (κ3) is 1.97. The van der Waals surface area contributed by atoms with Gasteiger partial charge in [0.1, 0.15) is 0 Å². The topological polar surface area (TPSA) is 17.1 Å². The van der Waals surface area contributed by atoms with E-state index in [1.807, 2.05) is 13.0 Å². The summed E-state index contributed by atoms with van der Waals surface area (Å²) in [5.74, 6) is 0.778. The summed E-state index contributed by atoms with van der Waals surface area (Å²) in [5, 5.41) is 0. The molecular formula is C13H20O. The van der Waals surface area contributed by atoms with Crippen LogP contribution in [-0.4, -0.2) is 5.78 Å². The molecule has 1 aliphatic carbocycles. The van der Waals surface area contributed by atoms with Crippen LogP contribution in [0.4, 0.5) is 0 Å². The summed E-state index contributed by atoms with van der Waals surface area (Å²) in [5.41, 5.74) is 1.03. The molecule has 1 nitrogen and oxygen atoms in total. The Balaban J connectivity index is 2.97. The maximum absolute atomic E-state index is 11.8. The van der Waals surface area contributed by atoms with Gasteiger partial charge in [0.2, 0.25) is 0 Å². The zero-order valence-corrected chi connectivity index (χ0v) is 9.63. The van der Waals surface area contributed by atoms with Crippen molar-refractivity contribution in [1.29, 1.82) is 0 Å². The van der Waals surface area contributed by atoms with Gasteiger partial charge in [0.25, 0.3) is 0 Å². The van der Waals surface area contributed by atoms with Gasteiger partial charge in [-0.3, -0.25) is 4.79 Å². The first-order chi connectivity index (χ1) is 6.50. The van der Waals surface area contributed by atoms with Crippen molar-refractivity contribution in [1.82, 2.24) is 0 Å². The van der Waals surface area contributed by atoms with Crippen LogP contribution < -0.4 is 0 Å². The summed E-state index contributed by atoms with van der Waals surface area (Å²) in [4.78, 5) is 11.8. The lowest BCUT2D eigenvalue weighted by molar-refractivity contribution is -0.112. The highest BCUT2D eigenvalue weighted by atomic mass is 16.1. The molecule has 0 aromatic heterocycles. The molecule has 0 saturated carbocycles.